The Morgan fingerprint density at radius 3 is 2.40 bits per heavy atom. The van der Waals surface area contributed by atoms with Crippen molar-refractivity contribution in [3.05, 3.63) is 31.1 Å². The normalized spacial score (nSPS) is 10.0. The molecule has 1 rings (SSSR count). The van der Waals surface area contributed by atoms with Gasteiger partial charge in [0.15, 0.2) is 0 Å². The van der Waals surface area contributed by atoms with Crippen LogP contribution in [0.3, 0.4) is 0 Å². The highest BCUT2D eigenvalue weighted by atomic mass is 79.9. The van der Waals surface area contributed by atoms with E-state index in [2.05, 4.69) is 53.9 Å². The Morgan fingerprint density at radius 2 is 1.90 bits per heavy atom. The smallest absolute Gasteiger partial charge is 0.0466 e. The van der Waals surface area contributed by atoms with Gasteiger partial charge < -0.3 is 0 Å². The maximum absolute atomic E-state index is 3.40. The Balaban J connectivity index is 3.31. The maximum atomic E-state index is 3.40. The van der Waals surface area contributed by atoms with Crippen molar-refractivity contribution in [3.8, 4) is 0 Å². The van der Waals surface area contributed by atoms with Crippen LogP contribution in [0.15, 0.2) is 19.5 Å². The van der Waals surface area contributed by atoms with Gasteiger partial charge in [-0.1, -0.05) is 0 Å². The van der Waals surface area contributed by atoms with Gasteiger partial charge in [0.1, 0.15) is 0 Å². The fourth-order valence-electron chi connectivity index (χ4n) is 0.622. The zero-order valence-corrected chi connectivity index (χ0v) is 9.97. The van der Waals surface area contributed by atoms with Crippen molar-refractivity contribution in [3.63, 3.8) is 0 Å². The molecule has 0 aromatic heterocycles. The van der Waals surface area contributed by atoms with E-state index < -0.39 is 0 Å². The molecule has 0 nitrogen and oxygen atoms in total. The molecule has 3 heteroatoms. The molecular weight excluding hydrogens is 324 g/mol. The molecule has 1 aromatic carbocycles. The SMILES string of the molecule is Cc1[c]c(Br)c(Br)c(Br)c1. The van der Waals surface area contributed by atoms with Gasteiger partial charge in [-0.2, -0.15) is 0 Å². The number of halogens is 3. The van der Waals surface area contributed by atoms with Gasteiger partial charge in [0, 0.05) is 19.5 Å². The first-order valence-electron chi connectivity index (χ1n) is 2.64. The Morgan fingerprint density at radius 1 is 1.30 bits per heavy atom. The van der Waals surface area contributed by atoms with E-state index in [-0.39, 0.29) is 0 Å². The van der Waals surface area contributed by atoms with Crippen LogP contribution in [0.2, 0.25) is 0 Å². The standard InChI is InChI=1S/C7H4Br3/c1-4-2-5(8)7(10)6(9)3-4/h2H,1H3. The van der Waals surface area contributed by atoms with Crippen LogP contribution >= 0.6 is 47.8 Å². The summed E-state index contributed by atoms with van der Waals surface area (Å²) in [5, 5.41) is 0. The van der Waals surface area contributed by atoms with Crippen molar-refractivity contribution >= 4 is 47.8 Å². The lowest BCUT2D eigenvalue weighted by atomic mass is 10.2. The molecule has 0 aliphatic carbocycles. The third kappa shape index (κ3) is 1.83. The first-order valence-corrected chi connectivity index (χ1v) is 5.02. The van der Waals surface area contributed by atoms with E-state index in [0.29, 0.717) is 0 Å². The van der Waals surface area contributed by atoms with E-state index >= 15 is 0 Å². The van der Waals surface area contributed by atoms with Gasteiger partial charge in [0.05, 0.1) is 0 Å². The lowest BCUT2D eigenvalue weighted by molar-refractivity contribution is 1.39. The molecule has 1 aromatic rings. The van der Waals surface area contributed by atoms with Crippen LogP contribution in [-0.4, -0.2) is 0 Å². The third-order valence-electron chi connectivity index (χ3n) is 1.05. The number of benzene rings is 1. The molecule has 0 saturated carbocycles. The maximum Gasteiger partial charge on any atom is 0.0466 e. The summed E-state index contributed by atoms with van der Waals surface area (Å²) in [7, 11) is 0. The molecule has 0 bridgehead atoms. The van der Waals surface area contributed by atoms with Gasteiger partial charge >= 0.3 is 0 Å². The zero-order valence-electron chi connectivity index (χ0n) is 5.21. The van der Waals surface area contributed by atoms with E-state index in [1.54, 1.807) is 0 Å². The van der Waals surface area contributed by atoms with Crippen molar-refractivity contribution in [2.45, 2.75) is 6.92 Å². The van der Waals surface area contributed by atoms with Crippen LogP contribution in [0.25, 0.3) is 0 Å². The molecule has 0 N–H and O–H groups in total. The number of rotatable bonds is 0. The minimum absolute atomic E-state index is 0.958. The highest BCUT2D eigenvalue weighted by Crippen LogP contribution is 2.31. The molecule has 0 heterocycles. The average Bonchev–Trinajstić information content (AvgIpc) is 1.82. The summed E-state index contributed by atoms with van der Waals surface area (Å²) in [6.07, 6.45) is 0. The molecule has 0 unspecified atom stereocenters. The highest BCUT2D eigenvalue weighted by Gasteiger charge is 2.01. The lowest BCUT2D eigenvalue weighted by Crippen LogP contribution is -1.76. The van der Waals surface area contributed by atoms with Crippen molar-refractivity contribution in [2.24, 2.45) is 0 Å². The second-order valence-electron chi connectivity index (χ2n) is 1.93. The molecule has 1 radical (unpaired) electrons. The van der Waals surface area contributed by atoms with E-state index in [1.807, 2.05) is 13.0 Å². The van der Waals surface area contributed by atoms with Gasteiger partial charge in [0.25, 0.3) is 0 Å². The van der Waals surface area contributed by atoms with Crippen LogP contribution < -0.4 is 0 Å². The number of aryl methyl sites for hydroxylation is 1. The molecular formula is C7H4Br3. The van der Waals surface area contributed by atoms with Crippen LogP contribution in [0, 0.1) is 13.0 Å². The third-order valence-corrected chi connectivity index (χ3v) is 4.16. The Kier molecular flexibility index (Phi) is 2.95. The molecule has 10 heavy (non-hydrogen) atoms. The second kappa shape index (κ2) is 3.37. The van der Waals surface area contributed by atoms with Gasteiger partial charge in [-0.15, -0.1) is 0 Å². The molecule has 0 fully saturated rings. The van der Waals surface area contributed by atoms with Gasteiger partial charge in [-0.3, -0.25) is 0 Å². The summed E-state index contributed by atoms with van der Waals surface area (Å²) >= 11 is 10.2. The topological polar surface area (TPSA) is 0 Å². The van der Waals surface area contributed by atoms with Crippen LogP contribution in [0.1, 0.15) is 5.56 Å². The van der Waals surface area contributed by atoms with Crippen LogP contribution in [0.5, 0.6) is 0 Å². The average molecular weight is 328 g/mol. The fourth-order valence-corrected chi connectivity index (χ4v) is 2.17. The molecule has 0 aliphatic heterocycles. The predicted octanol–water partition coefficient (Wildman–Crippen LogP) is 4.08. The summed E-state index contributed by atoms with van der Waals surface area (Å²) in [4.78, 5) is 0. The summed E-state index contributed by atoms with van der Waals surface area (Å²) in [6.45, 7) is 2.00. The Bertz CT molecular complexity index is 232. The minimum atomic E-state index is 0.958. The number of hydrogen-bond donors (Lipinski definition) is 0. The minimum Gasteiger partial charge on any atom is -0.0496 e. The van der Waals surface area contributed by atoms with Crippen molar-refractivity contribution in [1.29, 1.82) is 0 Å². The van der Waals surface area contributed by atoms with E-state index in [4.69, 9.17) is 0 Å². The summed E-state index contributed by atoms with van der Waals surface area (Å²) in [5.74, 6) is 0. The highest BCUT2D eigenvalue weighted by molar-refractivity contribution is 9.14. The molecule has 0 amide bonds. The molecule has 0 saturated heterocycles. The molecule has 0 aliphatic rings. The second-order valence-corrected chi connectivity index (χ2v) is 4.37. The van der Waals surface area contributed by atoms with E-state index in [0.717, 1.165) is 19.0 Å². The summed E-state index contributed by atoms with van der Waals surface area (Å²) in [6, 6.07) is 5.13. The molecule has 0 atom stereocenters. The lowest BCUT2D eigenvalue weighted by Gasteiger charge is -1.99. The van der Waals surface area contributed by atoms with Crippen molar-refractivity contribution in [2.75, 3.05) is 0 Å². The van der Waals surface area contributed by atoms with Crippen molar-refractivity contribution < 1.29 is 0 Å². The first-order chi connectivity index (χ1) is 4.61. The van der Waals surface area contributed by atoms with Gasteiger partial charge in [-0.05, 0) is 66.3 Å². The Labute approximate surface area is 85.4 Å². The molecule has 53 valence electrons. The predicted molar refractivity (Wildman–Crippen MR) is 53.1 cm³/mol. The quantitative estimate of drug-likeness (QED) is 0.630. The first kappa shape index (κ1) is 8.75. The van der Waals surface area contributed by atoms with Crippen LogP contribution in [-0.2, 0) is 0 Å². The zero-order chi connectivity index (χ0) is 7.72. The van der Waals surface area contributed by atoms with Crippen LogP contribution in [0.4, 0.5) is 0 Å². The summed E-state index contributed by atoms with van der Waals surface area (Å²) < 4.78 is 3.02. The van der Waals surface area contributed by atoms with Gasteiger partial charge in [0.2, 0.25) is 0 Å². The summed E-state index contributed by atoms with van der Waals surface area (Å²) in [5.41, 5.74) is 1.11. The fraction of sp³-hybridized carbons (Fsp3) is 0.143. The Hall–Kier alpha value is 0.660. The van der Waals surface area contributed by atoms with Crippen molar-refractivity contribution in [1.82, 2.24) is 0 Å². The molecule has 0 spiro atoms. The number of hydrogen-bond acceptors (Lipinski definition) is 0. The van der Waals surface area contributed by atoms with E-state index in [1.165, 1.54) is 0 Å². The van der Waals surface area contributed by atoms with Gasteiger partial charge in [-0.25, -0.2) is 0 Å². The largest absolute Gasteiger partial charge is 0.0496 e. The monoisotopic (exact) mass is 325 g/mol. The van der Waals surface area contributed by atoms with E-state index in [9.17, 15) is 0 Å².